The Morgan fingerprint density at radius 3 is 2.90 bits per heavy atom. The maximum Gasteiger partial charge on any atom is 0.267 e. The molecule has 0 aliphatic carbocycles. The second kappa shape index (κ2) is 5.91. The number of morpholine rings is 1. The third-order valence-corrected chi connectivity index (χ3v) is 3.78. The standard InChI is InChI=1S/C15H20N2O4/c1-10(16)13-8-17(6-7-19-13)15(18)14-9-20-11-4-2-3-5-12(11)21-14/h2-5,10,13-14H,6-9,16H2,1H3. The van der Waals surface area contributed by atoms with Crippen LogP contribution in [0.4, 0.5) is 0 Å². The van der Waals surface area contributed by atoms with Crippen LogP contribution in [-0.2, 0) is 9.53 Å². The molecule has 1 fully saturated rings. The summed E-state index contributed by atoms with van der Waals surface area (Å²) in [6.07, 6.45) is -0.730. The molecule has 6 heteroatoms. The average molecular weight is 292 g/mol. The highest BCUT2D eigenvalue weighted by Crippen LogP contribution is 2.31. The average Bonchev–Trinajstić information content (AvgIpc) is 2.53. The molecule has 0 spiro atoms. The first kappa shape index (κ1) is 14.2. The number of fused-ring (bicyclic) bond motifs is 1. The van der Waals surface area contributed by atoms with Crippen molar-refractivity contribution in [2.45, 2.75) is 25.2 Å². The van der Waals surface area contributed by atoms with E-state index in [4.69, 9.17) is 19.9 Å². The van der Waals surface area contributed by atoms with E-state index in [1.807, 2.05) is 25.1 Å². The Balaban J connectivity index is 1.66. The van der Waals surface area contributed by atoms with Gasteiger partial charge in [0.25, 0.3) is 5.91 Å². The van der Waals surface area contributed by atoms with Gasteiger partial charge in [-0.25, -0.2) is 0 Å². The van der Waals surface area contributed by atoms with Crippen molar-refractivity contribution in [2.75, 3.05) is 26.3 Å². The summed E-state index contributed by atoms with van der Waals surface area (Å²) < 4.78 is 16.9. The molecule has 0 aromatic heterocycles. The molecule has 6 nitrogen and oxygen atoms in total. The van der Waals surface area contributed by atoms with E-state index in [1.54, 1.807) is 11.0 Å². The first-order valence-corrected chi connectivity index (χ1v) is 7.19. The van der Waals surface area contributed by atoms with E-state index in [-0.39, 0.29) is 24.7 Å². The third-order valence-electron chi connectivity index (χ3n) is 3.78. The van der Waals surface area contributed by atoms with E-state index in [0.29, 0.717) is 31.2 Å². The van der Waals surface area contributed by atoms with Crippen LogP contribution in [0.25, 0.3) is 0 Å². The van der Waals surface area contributed by atoms with Gasteiger partial charge in [-0.05, 0) is 19.1 Å². The normalized spacial score (nSPS) is 26.3. The van der Waals surface area contributed by atoms with Gasteiger partial charge in [0, 0.05) is 19.1 Å². The molecule has 2 aliphatic rings. The Kier molecular flexibility index (Phi) is 3.98. The van der Waals surface area contributed by atoms with Crippen molar-refractivity contribution in [1.82, 2.24) is 4.90 Å². The quantitative estimate of drug-likeness (QED) is 0.854. The van der Waals surface area contributed by atoms with E-state index in [2.05, 4.69) is 0 Å². The second-order valence-electron chi connectivity index (χ2n) is 5.42. The molecule has 1 amide bonds. The minimum absolute atomic E-state index is 0.0709. The minimum Gasteiger partial charge on any atom is -0.485 e. The summed E-state index contributed by atoms with van der Waals surface area (Å²) in [6.45, 7) is 3.68. The van der Waals surface area contributed by atoms with Gasteiger partial charge >= 0.3 is 0 Å². The topological polar surface area (TPSA) is 74.0 Å². The molecule has 114 valence electrons. The van der Waals surface area contributed by atoms with Crippen LogP contribution in [0.3, 0.4) is 0 Å². The maximum atomic E-state index is 12.6. The van der Waals surface area contributed by atoms with E-state index in [9.17, 15) is 4.79 Å². The van der Waals surface area contributed by atoms with Crippen LogP contribution in [0.2, 0.25) is 0 Å². The molecule has 3 unspecified atom stereocenters. The zero-order valence-electron chi connectivity index (χ0n) is 12.0. The van der Waals surface area contributed by atoms with Gasteiger partial charge in [0.15, 0.2) is 11.5 Å². The molecule has 1 aromatic rings. The molecule has 1 aromatic carbocycles. The highest BCUT2D eigenvalue weighted by atomic mass is 16.6. The summed E-state index contributed by atoms with van der Waals surface area (Å²) in [5.74, 6) is 1.22. The number of carbonyl (C=O) groups excluding carboxylic acids is 1. The third kappa shape index (κ3) is 2.96. The van der Waals surface area contributed by atoms with Crippen molar-refractivity contribution in [2.24, 2.45) is 5.73 Å². The van der Waals surface area contributed by atoms with Gasteiger partial charge in [-0.1, -0.05) is 12.1 Å². The monoisotopic (exact) mass is 292 g/mol. The van der Waals surface area contributed by atoms with Gasteiger partial charge in [-0.15, -0.1) is 0 Å². The second-order valence-corrected chi connectivity index (χ2v) is 5.42. The Hall–Kier alpha value is -1.79. The number of para-hydroxylation sites is 2. The van der Waals surface area contributed by atoms with E-state index in [1.165, 1.54) is 0 Å². The summed E-state index contributed by atoms with van der Waals surface area (Å²) in [5, 5.41) is 0. The summed E-state index contributed by atoms with van der Waals surface area (Å²) in [4.78, 5) is 14.3. The lowest BCUT2D eigenvalue weighted by atomic mass is 10.1. The Labute approximate surface area is 123 Å². The van der Waals surface area contributed by atoms with Crippen LogP contribution in [0, 0.1) is 0 Å². The fourth-order valence-electron chi connectivity index (χ4n) is 2.54. The lowest BCUT2D eigenvalue weighted by Gasteiger charge is -2.37. The molecule has 3 rings (SSSR count). The van der Waals surface area contributed by atoms with Gasteiger partial charge in [-0.3, -0.25) is 4.79 Å². The molecule has 0 bridgehead atoms. The smallest absolute Gasteiger partial charge is 0.267 e. The highest BCUT2D eigenvalue weighted by Gasteiger charge is 2.34. The maximum absolute atomic E-state index is 12.6. The molecule has 1 saturated heterocycles. The number of nitrogens with zero attached hydrogens (tertiary/aromatic N) is 1. The van der Waals surface area contributed by atoms with Crippen molar-refractivity contribution in [1.29, 1.82) is 0 Å². The number of carbonyl (C=O) groups is 1. The summed E-state index contributed by atoms with van der Waals surface area (Å²) >= 11 is 0. The van der Waals surface area contributed by atoms with Crippen molar-refractivity contribution >= 4 is 5.91 Å². The van der Waals surface area contributed by atoms with Crippen LogP contribution < -0.4 is 15.2 Å². The van der Waals surface area contributed by atoms with Gasteiger partial charge in [0.2, 0.25) is 6.10 Å². The molecular formula is C15H20N2O4. The van der Waals surface area contributed by atoms with Crippen molar-refractivity contribution in [3.63, 3.8) is 0 Å². The number of amides is 1. The summed E-state index contributed by atoms with van der Waals surface area (Å²) in [6, 6.07) is 7.26. The van der Waals surface area contributed by atoms with Crippen LogP contribution in [0.5, 0.6) is 11.5 Å². The van der Waals surface area contributed by atoms with Gasteiger partial charge < -0.3 is 24.8 Å². The lowest BCUT2D eigenvalue weighted by Crippen LogP contribution is -2.55. The molecule has 0 radical (unpaired) electrons. The molecule has 3 atom stereocenters. The summed E-state index contributed by atoms with van der Waals surface area (Å²) in [5.41, 5.74) is 5.85. The molecule has 2 aliphatic heterocycles. The van der Waals surface area contributed by atoms with Gasteiger partial charge in [0.1, 0.15) is 6.61 Å². The van der Waals surface area contributed by atoms with Crippen molar-refractivity contribution in [3.8, 4) is 11.5 Å². The minimum atomic E-state index is -0.605. The van der Waals surface area contributed by atoms with Crippen LogP contribution in [0.15, 0.2) is 24.3 Å². The van der Waals surface area contributed by atoms with Crippen LogP contribution in [0.1, 0.15) is 6.92 Å². The fraction of sp³-hybridized carbons (Fsp3) is 0.533. The molecule has 2 heterocycles. The fourth-order valence-corrected chi connectivity index (χ4v) is 2.54. The molecular weight excluding hydrogens is 272 g/mol. The SMILES string of the molecule is CC(N)C1CN(C(=O)C2COc3ccccc3O2)CCO1. The van der Waals surface area contributed by atoms with Crippen molar-refractivity contribution in [3.05, 3.63) is 24.3 Å². The number of rotatable bonds is 2. The number of ether oxygens (including phenoxy) is 3. The van der Waals surface area contributed by atoms with Crippen LogP contribution in [-0.4, -0.2) is 55.4 Å². The molecule has 0 saturated carbocycles. The highest BCUT2D eigenvalue weighted by molar-refractivity contribution is 5.82. The Morgan fingerprint density at radius 2 is 2.14 bits per heavy atom. The van der Waals surface area contributed by atoms with Crippen molar-refractivity contribution < 1.29 is 19.0 Å². The van der Waals surface area contributed by atoms with E-state index >= 15 is 0 Å². The first-order valence-electron chi connectivity index (χ1n) is 7.19. The number of benzene rings is 1. The number of hydrogen-bond acceptors (Lipinski definition) is 5. The Bertz CT molecular complexity index is 520. The molecule has 2 N–H and O–H groups in total. The zero-order chi connectivity index (χ0) is 14.8. The predicted molar refractivity (Wildman–Crippen MR) is 76.3 cm³/mol. The van der Waals surface area contributed by atoms with E-state index < -0.39 is 6.10 Å². The number of hydrogen-bond donors (Lipinski definition) is 1. The van der Waals surface area contributed by atoms with Crippen LogP contribution >= 0.6 is 0 Å². The predicted octanol–water partition coefficient (Wildman–Crippen LogP) is 0.401. The largest absolute Gasteiger partial charge is 0.485 e. The van der Waals surface area contributed by atoms with Gasteiger partial charge in [0.05, 0.1) is 12.7 Å². The molecule has 21 heavy (non-hydrogen) atoms. The number of nitrogens with two attached hydrogens (primary N) is 1. The lowest BCUT2D eigenvalue weighted by molar-refractivity contribution is -0.149. The zero-order valence-corrected chi connectivity index (χ0v) is 12.0. The van der Waals surface area contributed by atoms with E-state index in [0.717, 1.165) is 0 Å². The van der Waals surface area contributed by atoms with Gasteiger partial charge in [-0.2, -0.15) is 0 Å². The Morgan fingerprint density at radius 1 is 1.38 bits per heavy atom. The summed E-state index contributed by atoms with van der Waals surface area (Å²) in [7, 11) is 0. The first-order chi connectivity index (χ1) is 10.1.